The van der Waals surface area contributed by atoms with Gasteiger partial charge in [0, 0.05) is 31.1 Å². The molecule has 3 rings (SSSR count). The molecule has 4 nitrogen and oxygen atoms in total. The van der Waals surface area contributed by atoms with Crippen LogP contribution >= 0.6 is 0 Å². The SMILES string of the molecule is O=C(C1CC1)N1CCC(c2nccc(C(F)(F)F)n2)CC1. The molecule has 1 aromatic heterocycles. The number of hydrogen-bond donors (Lipinski definition) is 0. The van der Waals surface area contributed by atoms with E-state index in [0.29, 0.717) is 25.9 Å². The van der Waals surface area contributed by atoms with Crippen LogP contribution < -0.4 is 0 Å². The predicted molar refractivity (Wildman–Crippen MR) is 68.3 cm³/mol. The lowest BCUT2D eigenvalue weighted by Gasteiger charge is -2.31. The summed E-state index contributed by atoms with van der Waals surface area (Å²) >= 11 is 0. The number of aromatic nitrogens is 2. The highest BCUT2D eigenvalue weighted by Gasteiger charge is 2.36. The lowest BCUT2D eigenvalue weighted by molar-refractivity contribution is -0.141. The average Bonchev–Trinajstić information content (AvgIpc) is 3.31. The van der Waals surface area contributed by atoms with Gasteiger partial charge in [0.1, 0.15) is 11.5 Å². The topological polar surface area (TPSA) is 46.1 Å². The highest BCUT2D eigenvalue weighted by molar-refractivity contribution is 5.81. The predicted octanol–water partition coefficient (Wildman–Crippen LogP) is 2.61. The normalized spacial score (nSPS) is 20.6. The summed E-state index contributed by atoms with van der Waals surface area (Å²) in [5.74, 6) is 0.517. The van der Waals surface area contributed by atoms with Crippen molar-refractivity contribution in [3.63, 3.8) is 0 Å². The molecule has 0 atom stereocenters. The number of halogens is 3. The second-order valence-corrected chi connectivity index (χ2v) is 5.67. The number of amides is 1. The molecule has 2 heterocycles. The lowest BCUT2D eigenvalue weighted by Crippen LogP contribution is -2.39. The van der Waals surface area contributed by atoms with Gasteiger partial charge in [-0.15, -0.1) is 0 Å². The zero-order valence-corrected chi connectivity index (χ0v) is 11.4. The second-order valence-electron chi connectivity index (χ2n) is 5.67. The molecule has 1 amide bonds. The van der Waals surface area contributed by atoms with Crippen molar-refractivity contribution in [2.75, 3.05) is 13.1 Å². The van der Waals surface area contributed by atoms with Gasteiger partial charge >= 0.3 is 6.18 Å². The van der Waals surface area contributed by atoms with Crippen LogP contribution in [0.1, 0.15) is 43.1 Å². The van der Waals surface area contributed by atoms with E-state index in [1.807, 2.05) is 4.90 Å². The van der Waals surface area contributed by atoms with Crippen molar-refractivity contribution in [2.45, 2.75) is 37.8 Å². The Morgan fingerprint density at radius 2 is 1.86 bits per heavy atom. The van der Waals surface area contributed by atoms with E-state index >= 15 is 0 Å². The number of alkyl halides is 3. The molecule has 0 aromatic carbocycles. The van der Waals surface area contributed by atoms with Crippen molar-refractivity contribution in [1.82, 2.24) is 14.9 Å². The maximum absolute atomic E-state index is 12.7. The van der Waals surface area contributed by atoms with Gasteiger partial charge in [0.25, 0.3) is 0 Å². The third-order valence-electron chi connectivity index (χ3n) is 4.06. The molecule has 1 saturated carbocycles. The fourth-order valence-electron chi connectivity index (χ4n) is 2.67. The summed E-state index contributed by atoms with van der Waals surface area (Å²) in [7, 11) is 0. The molecule has 0 radical (unpaired) electrons. The van der Waals surface area contributed by atoms with E-state index in [1.165, 1.54) is 0 Å². The van der Waals surface area contributed by atoms with Crippen LogP contribution in [0.5, 0.6) is 0 Å². The van der Waals surface area contributed by atoms with Crippen LogP contribution in [0.15, 0.2) is 12.3 Å². The first-order valence-corrected chi connectivity index (χ1v) is 7.14. The number of nitrogens with zero attached hydrogens (tertiary/aromatic N) is 3. The third-order valence-corrected chi connectivity index (χ3v) is 4.06. The largest absolute Gasteiger partial charge is 0.433 e. The van der Waals surface area contributed by atoms with Crippen molar-refractivity contribution in [3.05, 3.63) is 23.8 Å². The van der Waals surface area contributed by atoms with Gasteiger partial charge in [0.05, 0.1) is 0 Å². The summed E-state index contributed by atoms with van der Waals surface area (Å²) in [6.07, 6.45) is -0.0994. The Morgan fingerprint density at radius 3 is 2.43 bits per heavy atom. The van der Waals surface area contributed by atoms with Crippen molar-refractivity contribution >= 4 is 5.91 Å². The monoisotopic (exact) mass is 299 g/mol. The van der Waals surface area contributed by atoms with Gasteiger partial charge in [-0.25, -0.2) is 9.97 Å². The van der Waals surface area contributed by atoms with Crippen molar-refractivity contribution in [3.8, 4) is 0 Å². The fraction of sp³-hybridized carbons (Fsp3) is 0.643. The quantitative estimate of drug-likeness (QED) is 0.843. The highest BCUT2D eigenvalue weighted by atomic mass is 19.4. The van der Waals surface area contributed by atoms with Crippen LogP contribution in [0.25, 0.3) is 0 Å². The number of hydrogen-bond acceptors (Lipinski definition) is 3. The van der Waals surface area contributed by atoms with Crippen molar-refractivity contribution < 1.29 is 18.0 Å². The smallest absolute Gasteiger partial charge is 0.342 e. The first-order chi connectivity index (χ1) is 9.95. The van der Waals surface area contributed by atoms with Gasteiger partial charge in [-0.2, -0.15) is 13.2 Å². The van der Waals surface area contributed by atoms with E-state index in [0.717, 1.165) is 25.1 Å². The minimum Gasteiger partial charge on any atom is -0.342 e. The number of rotatable bonds is 2. The van der Waals surface area contributed by atoms with Gasteiger partial charge in [-0.05, 0) is 31.7 Å². The number of carbonyl (C=O) groups excluding carboxylic acids is 1. The van der Waals surface area contributed by atoms with Crippen molar-refractivity contribution in [2.24, 2.45) is 5.92 Å². The Morgan fingerprint density at radius 1 is 1.19 bits per heavy atom. The minimum atomic E-state index is -4.44. The molecule has 114 valence electrons. The fourth-order valence-corrected chi connectivity index (χ4v) is 2.67. The van der Waals surface area contributed by atoms with E-state index in [2.05, 4.69) is 9.97 Å². The van der Waals surface area contributed by atoms with Crippen LogP contribution in [-0.2, 0) is 11.0 Å². The second kappa shape index (κ2) is 5.27. The molecule has 0 spiro atoms. The molecular weight excluding hydrogens is 283 g/mol. The molecule has 1 aliphatic heterocycles. The van der Waals surface area contributed by atoms with Gasteiger partial charge < -0.3 is 4.90 Å². The summed E-state index contributed by atoms with van der Waals surface area (Å²) in [4.78, 5) is 21.4. The van der Waals surface area contributed by atoms with Gasteiger partial charge in [0.15, 0.2) is 0 Å². The molecule has 21 heavy (non-hydrogen) atoms. The molecular formula is C14H16F3N3O. The first-order valence-electron chi connectivity index (χ1n) is 7.14. The van der Waals surface area contributed by atoms with Gasteiger partial charge in [-0.3, -0.25) is 4.79 Å². The third kappa shape index (κ3) is 3.16. The van der Waals surface area contributed by atoms with Crippen LogP contribution in [0, 0.1) is 5.92 Å². The number of piperidine rings is 1. The molecule has 1 aromatic rings. The van der Waals surface area contributed by atoms with Crippen molar-refractivity contribution in [1.29, 1.82) is 0 Å². The summed E-state index contributed by atoms with van der Waals surface area (Å²) in [6.45, 7) is 1.17. The summed E-state index contributed by atoms with van der Waals surface area (Å²) in [6, 6.07) is 0.884. The highest BCUT2D eigenvalue weighted by Crippen LogP contribution is 2.34. The van der Waals surface area contributed by atoms with E-state index in [-0.39, 0.29) is 23.6 Å². The maximum Gasteiger partial charge on any atom is 0.433 e. The zero-order chi connectivity index (χ0) is 15.0. The van der Waals surface area contributed by atoms with Crippen LogP contribution in [0.4, 0.5) is 13.2 Å². The Balaban J connectivity index is 1.65. The molecule has 1 saturated heterocycles. The van der Waals surface area contributed by atoms with Crippen LogP contribution in [0.2, 0.25) is 0 Å². The lowest BCUT2D eigenvalue weighted by atomic mass is 9.95. The summed E-state index contributed by atoms with van der Waals surface area (Å²) < 4.78 is 38.0. The first kappa shape index (κ1) is 14.3. The molecule has 1 aliphatic carbocycles. The zero-order valence-electron chi connectivity index (χ0n) is 11.4. The van der Waals surface area contributed by atoms with E-state index in [1.54, 1.807) is 0 Å². The minimum absolute atomic E-state index is 0.101. The van der Waals surface area contributed by atoms with Gasteiger partial charge in [-0.1, -0.05) is 0 Å². The van der Waals surface area contributed by atoms with E-state index < -0.39 is 11.9 Å². The maximum atomic E-state index is 12.7. The number of likely N-dealkylation sites (tertiary alicyclic amines) is 1. The molecule has 7 heteroatoms. The van der Waals surface area contributed by atoms with Gasteiger partial charge in [0.2, 0.25) is 5.91 Å². The molecule has 0 N–H and O–H groups in total. The molecule has 2 fully saturated rings. The molecule has 2 aliphatic rings. The Hall–Kier alpha value is -1.66. The average molecular weight is 299 g/mol. The Bertz CT molecular complexity index is 535. The number of carbonyl (C=O) groups is 1. The standard InChI is InChI=1S/C14H16F3N3O/c15-14(16,17)11-3-6-18-12(19-11)9-4-7-20(8-5-9)13(21)10-1-2-10/h3,6,9-10H,1-2,4-5,7-8H2. The summed E-state index contributed by atoms with van der Waals surface area (Å²) in [5, 5.41) is 0. The van der Waals surface area contributed by atoms with Crippen LogP contribution in [-0.4, -0.2) is 33.9 Å². The van der Waals surface area contributed by atoms with Crippen LogP contribution in [0.3, 0.4) is 0 Å². The molecule has 0 bridgehead atoms. The van der Waals surface area contributed by atoms with E-state index in [4.69, 9.17) is 0 Å². The Kier molecular flexibility index (Phi) is 3.59. The van der Waals surface area contributed by atoms with E-state index in [9.17, 15) is 18.0 Å². The summed E-state index contributed by atoms with van der Waals surface area (Å²) in [5.41, 5.74) is -0.899. The Labute approximate surface area is 120 Å². The molecule has 0 unspecified atom stereocenters.